The molecule has 0 aliphatic heterocycles. The van der Waals surface area contributed by atoms with Gasteiger partial charge in [-0.15, -0.1) is 0 Å². The van der Waals surface area contributed by atoms with Gasteiger partial charge in [-0.05, 0) is 60.7 Å². The number of carbonyl (C=O) groups excluding carboxylic acids is 1. The number of nitriles is 1. The van der Waals surface area contributed by atoms with Gasteiger partial charge in [0.15, 0.2) is 0 Å². The largest absolute Gasteiger partial charge is 0.497 e. The second-order valence-electron chi connectivity index (χ2n) is 6.28. The van der Waals surface area contributed by atoms with Crippen LogP contribution in [0, 0.1) is 11.3 Å². The molecule has 5 nitrogen and oxygen atoms in total. The number of benzene rings is 2. The fourth-order valence-electron chi connectivity index (χ4n) is 3.31. The molecule has 0 saturated carbocycles. The molecule has 0 saturated heterocycles. The Morgan fingerprint density at radius 1 is 1.36 bits per heavy atom. The van der Waals surface area contributed by atoms with Crippen molar-refractivity contribution in [1.82, 2.24) is 5.32 Å². The van der Waals surface area contributed by atoms with Crippen molar-refractivity contribution in [2.24, 2.45) is 0 Å². The van der Waals surface area contributed by atoms with Gasteiger partial charge in [0.1, 0.15) is 11.4 Å². The molecule has 0 spiro atoms. The summed E-state index contributed by atoms with van der Waals surface area (Å²) in [6.45, 7) is 0.127. The van der Waals surface area contributed by atoms with Crippen LogP contribution < -0.4 is 10.1 Å². The lowest BCUT2D eigenvalue weighted by Crippen LogP contribution is -2.43. The number of amides is 1. The minimum Gasteiger partial charge on any atom is -0.497 e. The fraction of sp³-hybridized carbons (Fsp3) is 0.300. The van der Waals surface area contributed by atoms with Gasteiger partial charge in [-0.1, -0.05) is 12.1 Å². The molecule has 3 rings (SSSR count). The van der Waals surface area contributed by atoms with Crippen molar-refractivity contribution in [3.8, 4) is 11.8 Å². The maximum absolute atomic E-state index is 12.4. The van der Waals surface area contributed by atoms with E-state index in [0.29, 0.717) is 17.5 Å². The highest BCUT2D eigenvalue weighted by Gasteiger charge is 2.34. The molecule has 1 atom stereocenters. The third kappa shape index (κ3) is 3.49. The summed E-state index contributed by atoms with van der Waals surface area (Å²) in [6.07, 6.45) is 2.31. The number of ether oxygens (including phenoxy) is 1. The van der Waals surface area contributed by atoms with E-state index in [-0.39, 0.29) is 12.5 Å². The maximum Gasteiger partial charge on any atom is 0.251 e. The molecular formula is C20H20N2O3. The molecule has 128 valence electrons. The first-order chi connectivity index (χ1) is 12.1. The molecule has 1 aliphatic carbocycles. The van der Waals surface area contributed by atoms with E-state index in [4.69, 9.17) is 10.00 Å². The Morgan fingerprint density at radius 2 is 2.20 bits per heavy atom. The van der Waals surface area contributed by atoms with Crippen molar-refractivity contribution in [1.29, 1.82) is 5.26 Å². The second-order valence-corrected chi connectivity index (χ2v) is 6.28. The third-order valence-electron chi connectivity index (χ3n) is 4.65. The molecule has 0 aromatic heterocycles. The summed E-state index contributed by atoms with van der Waals surface area (Å²) in [5, 5.41) is 22.8. The summed E-state index contributed by atoms with van der Waals surface area (Å²) in [4.78, 5) is 12.4. The lowest BCUT2D eigenvalue weighted by atomic mass is 9.79. The molecule has 0 bridgehead atoms. The molecule has 0 unspecified atom stereocenters. The van der Waals surface area contributed by atoms with Crippen molar-refractivity contribution in [2.75, 3.05) is 13.7 Å². The molecule has 1 amide bonds. The highest BCUT2D eigenvalue weighted by Crippen LogP contribution is 2.36. The molecule has 2 N–H and O–H groups in total. The van der Waals surface area contributed by atoms with Crippen molar-refractivity contribution in [3.63, 3.8) is 0 Å². The van der Waals surface area contributed by atoms with Crippen molar-refractivity contribution in [3.05, 3.63) is 64.7 Å². The first kappa shape index (κ1) is 17.0. The predicted octanol–water partition coefficient (Wildman–Crippen LogP) is 2.52. The molecule has 2 aromatic rings. The van der Waals surface area contributed by atoms with E-state index in [9.17, 15) is 9.90 Å². The maximum atomic E-state index is 12.4. The number of carbonyl (C=O) groups is 1. The van der Waals surface area contributed by atoms with E-state index in [1.165, 1.54) is 0 Å². The van der Waals surface area contributed by atoms with E-state index < -0.39 is 5.60 Å². The Bertz CT molecular complexity index is 841. The molecule has 1 aliphatic rings. The van der Waals surface area contributed by atoms with Crippen LogP contribution in [-0.2, 0) is 12.0 Å². The lowest BCUT2D eigenvalue weighted by Gasteiger charge is -2.35. The van der Waals surface area contributed by atoms with E-state index in [2.05, 4.69) is 5.32 Å². The van der Waals surface area contributed by atoms with Gasteiger partial charge < -0.3 is 15.2 Å². The minimum absolute atomic E-state index is 0.127. The summed E-state index contributed by atoms with van der Waals surface area (Å²) in [5.41, 5.74) is 1.64. The highest BCUT2D eigenvalue weighted by molar-refractivity contribution is 5.94. The van der Waals surface area contributed by atoms with Crippen LogP contribution in [0.4, 0.5) is 0 Å². The van der Waals surface area contributed by atoms with E-state index >= 15 is 0 Å². The average Bonchev–Trinajstić information content (AvgIpc) is 2.66. The Kier molecular flexibility index (Phi) is 4.73. The SMILES string of the molecule is COc1ccc2c(c1)CCC[C@@]2(O)CNC(=O)c1cccc(C#N)c1. The fourth-order valence-corrected chi connectivity index (χ4v) is 3.31. The zero-order chi connectivity index (χ0) is 17.9. The summed E-state index contributed by atoms with van der Waals surface area (Å²) in [7, 11) is 1.62. The Labute approximate surface area is 146 Å². The number of methoxy groups -OCH3 is 1. The summed E-state index contributed by atoms with van der Waals surface area (Å²) in [5.74, 6) is 0.464. The Hall–Kier alpha value is -2.84. The average molecular weight is 336 g/mol. The van der Waals surface area contributed by atoms with Gasteiger partial charge in [-0.2, -0.15) is 5.26 Å². The second kappa shape index (κ2) is 6.96. The van der Waals surface area contributed by atoms with Crippen LogP contribution >= 0.6 is 0 Å². The third-order valence-corrected chi connectivity index (χ3v) is 4.65. The summed E-state index contributed by atoms with van der Waals surface area (Å²) < 4.78 is 5.25. The molecule has 2 aromatic carbocycles. The summed E-state index contributed by atoms with van der Waals surface area (Å²) >= 11 is 0. The van der Waals surface area contributed by atoms with Gasteiger partial charge in [0.25, 0.3) is 5.91 Å². The number of rotatable bonds is 4. The smallest absolute Gasteiger partial charge is 0.251 e. The van der Waals surface area contributed by atoms with Crippen LogP contribution in [0.5, 0.6) is 5.75 Å². The molecule has 5 heteroatoms. The van der Waals surface area contributed by atoms with Gasteiger partial charge in [-0.25, -0.2) is 0 Å². The van der Waals surface area contributed by atoms with Crippen molar-refractivity contribution in [2.45, 2.75) is 24.9 Å². The quantitative estimate of drug-likeness (QED) is 0.899. The minimum atomic E-state index is -1.09. The predicted molar refractivity (Wildman–Crippen MR) is 93.3 cm³/mol. The number of nitrogens with one attached hydrogen (secondary N) is 1. The van der Waals surface area contributed by atoms with Gasteiger partial charge >= 0.3 is 0 Å². The number of hydrogen-bond donors (Lipinski definition) is 2. The van der Waals surface area contributed by atoms with Crippen molar-refractivity contribution < 1.29 is 14.6 Å². The van der Waals surface area contributed by atoms with Gasteiger partial charge in [-0.3, -0.25) is 4.79 Å². The number of aryl methyl sites for hydroxylation is 1. The molecule has 0 radical (unpaired) electrons. The highest BCUT2D eigenvalue weighted by atomic mass is 16.5. The summed E-state index contributed by atoms with van der Waals surface area (Å²) in [6, 6.07) is 14.2. The topological polar surface area (TPSA) is 82.3 Å². The van der Waals surface area contributed by atoms with Crippen LogP contribution in [0.15, 0.2) is 42.5 Å². The molecule has 0 fully saturated rings. The van der Waals surface area contributed by atoms with Crippen LogP contribution in [0.25, 0.3) is 0 Å². The zero-order valence-corrected chi connectivity index (χ0v) is 14.1. The van der Waals surface area contributed by atoms with Crippen LogP contribution in [0.1, 0.15) is 39.9 Å². The van der Waals surface area contributed by atoms with E-state index in [0.717, 1.165) is 29.7 Å². The molecule has 0 heterocycles. The van der Waals surface area contributed by atoms with Gasteiger partial charge in [0, 0.05) is 5.56 Å². The normalized spacial score (nSPS) is 18.8. The number of fused-ring (bicyclic) bond motifs is 1. The number of aliphatic hydroxyl groups is 1. The van der Waals surface area contributed by atoms with Crippen LogP contribution in [-0.4, -0.2) is 24.7 Å². The number of nitrogens with zero attached hydrogens (tertiary/aromatic N) is 1. The van der Waals surface area contributed by atoms with E-state index in [1.54, 1.807) is 31.4 Å². The number of hydrogen-bond acceptors (Lipinski definition) is 4. The van der Waals surface area contributed by atoms with Crippen molar-refractivity contribution >= 4 is 5.91 Å². The Balaban J connectivity index is 1.77. The van der Waals surface area contributed by atoms with E-state index in [1.807, 2.05) is 24.3 Å². The standard InChI is InChI=1S/C20H20N2O3/c1-25-17-7-8-18-15(11-17)6-3-9-20(18,24)13-22-19(23)16-5-2-4-14(10-16)12-21/h2,4-5,7-8,10-11,24H,3,6,9,13H2,1H3,(H,22,23)/t20-/m1/s1. The molecular weight excluding hydrogens is 316 g/mol. The lowest BCUT2D eigenvalue weighted by molar-refractivity contribution is 0.0189. The monoisotopic (exact) mass is 336 g/mol. The Morgan fingerprint density at radius 3 is 2.96 bits per heavy atom. The van der Waals surface area contributed by atoms with Gasteiger partial charge in [0.05, 0.1) is 25.3 Å². The first-order valence-electron chi connectivity index (χ1n) is 8.24. The van der Waals surface area contributed by atoms with Crippen LogP contribution in [0.3, 0.4) is 0 Å². The molecule has 25 heavy (non-hydrogen) atoms. The first-order valence-corrected chi connectivity index (χ1v) is 8.24. The van der Waals surface area contributed by atoms with Crippen LogP contribution in [0.2, 0.25) is 0 Å². The van der Waals surface area contributed by atoms with Gasteiger partial charge in [0.2, 0.25) is 0 Å². The zero-order valence-electron chi connectivity index (χ0n) is 14.1.